The van der Waals surface area contributed by atoms with Gasteiger partial charge < -0.3 is 14.6 Å². The van der Waals surface area contributed by atoms with Gasteiger partial charge >= 0.3 is 11.9 Å². The molecule has 0 spiro atoms. The van der Waals surface area contributed by atoms with Crippen LogP contribution in [0.15, 0.2) is 58.6 Å². The number of aromatic nitrogens is 1. The Kier molecular flexibility index (Phi) is 9.42. The van der Waals surface area contributed by atoms with E-state index in [1.165, 1.54) is 4.90 Å². The molecule has 1 amide bonds. The van der Waals surface area contributed by atoms with E-state index in [1.54, 1.807) is 49.4 Å². The van der Waals surface area contributed by atoms with Gasteiger partial charge in [-0.1, -0.05) is 66.6 Å². The number of unbranched alkanes of at least 4 members (excludes halogenated alkanes) is 1. The van der Waals surface area contributed by atoms with E-state index in [-0.39, 0.29) is 33.9 Å². The molecule has 10 heteroatoms. The van der Waals surface area contributed by atoms with Crippen LogP contribution in [0.25, 0.3) is 5.76 Å². The lowest BCUT2D eigenvalue weighted by Crippen LogP contribution is -2.29. The molecule has 1 aliphatic rings. The van der Waals surface area contributed by atoms with Crippen LogP contribution >= 0.6 is 27.3 Å². The number of hydrogen-bond acceptors (Lipinski definition) is 8. The van der Waals surface area contributed by atoms with Gasteiger partial charge in [0, 0.05) is 10.0 Å². The molecule has 3 aromatic rings. The van der Waals surface area contributed by atoms with Gasteiger partial charge in [-0.25, -0.2) is 9.78 Å². The number of amides is 1. The van der Waals surface area contributed by atoms with Gasteiger partial charge in [0.25, 0.3) is 5.78 Å². The average Bonchev–Trinajstić information content (AvgIpc) is 3.44. The zero-order valence-corrected chi connectivity index (χ0v) is 25.2. The second kappa shape index (κ2) is 12.8. The van der Waals surface area contributed by atoms with Crippen molar-refractivity contribution >= 4 is 55.8 Å². The average molecular weight is 628 g/mol. The van der Waals surface area contributed by atoms with Crippen LogP contribution in [0.2, 0.25) is 0 Å². The molecule has 8 nitrogen and oxygen atoms in total. The van der Waals surface area contributed by atoms with E-state index in [9.17, 15) is 19.5 Å². The molecule has 210 valence electrons. The molecule has 40 heavy (non-hydrogen) atoms. The van der Waals surface area contributed by atoms with Gasteiger partial charge in [-0.15, -0.1) is 0 Å². The Bertz CT molecular complexity index is 1450. The lowest BCUT2D eigenvalue weighted by atomic mass is 9.95. The minimum Gasteiger partial charge on any atom is -0.507 e. The van der Waals surface area contributed by atoms with E-state index in [1.807, 2.05) is 19.9 Å². The van der Waals surface area contributed by atoms with Gasteiger partial charge in [0.2, 0.25) is 0 Å². The third kappa shape index (κ3) is 6.28. The van der Waals surface area contributed by atoms with E-state index >= 15 is 0 Å². The van der Waals surface area contributed by atoms with Gasteiger partial charge in [-0.2, -0.15) is 0 Å². The van der Waals surface area contributed by atoms with Crippen LogP contribution in [0, 0.1) is 12.8 Å². The number of aryl methyl sites for hydroxylation is 1. The minimum absolute atomic E-state index is 0.0699. The van der Waals surface area contributed by atoms with E-state index in [0.29, 0.717) is 29.2 Å². The SMILES string of the molecule is CCCCOc1ccc(C(O)=C2C(=O)C(=O)N(c3nc(C)c(C(=O)OCC(C)C)s3)C2c2cccc(Br)c2)cc1. The minimum atomic E-state index is -0.969. The zero-order chi connectivity index (χ0) is 29.0. The fourth-order valence-electron chi connectivity index (χ4n) is 4.20. The number of carbonyl (C=O) groups is 3. The summed E-state index contributed by atoms with van der Waals surface area (Å²) in [5.41, 5.74) is 1.28. The topological polar surface area (TPSA) is 106 Å². The molecule has 0 saturated carbocycles. The Morgan fingerprint density at radius 1 is 1.18 bits per heavy atom. The molecule has 1 saturated heterocycles. The third-order valence-electron chi connectivity index (χ3n) is 6.23. The number of halogens is 1. The first-order chi connectivity index (χ1) is 19.1. The highest BCUT2D eigenvalue weighted by Gasteiger charge is 2.48. The van der Waals surface area contributed by atoms with Crippen molar-refractivity contribution in [3.05, 3.63) is 80.3 Å². The van der Waals surface area contributed by atoms with E-state index in [4.69, 9.17) is 9.47 Å². The number of esters is 1. The first kappa shape index (κ1) is 29.5. The van der Waals surface area contributed by atoms with Crippen molar-refractivity contribution in [3.63, 3.8) is 0 Å². The Morgan fingerprint density at radius 3 is 2.55 bits per heavy atom. The second-order valence-corrected chi connectivity index (χ2v) is 11.7. The predicted molar refractivity (Wildman–Crippen MR) is 158 cm³/mol. The molecule has 2 heterocycles. The molecule has 0 radical (unpaired) electrons. The molecule has 1 atom stereocenters. The van der Waals surface area contributed by atoms with Crippen LogP contribution in [0.4, 0.5) is 5.13 Å². The highest BCUT2D eigenvalue weighted by atomic mass is 79.9. The number of benzene rings is 2. The number of carbonyl (C=O) groups excluding carboxylic acids is 3. The normalized spacial score (nSPS) is 16.6. The summed E-state index contributed by atoms with van der Waals surface area (Å²) in [7, 11) is 0. The maximum absolute atomic E-state index is 13.5. The first-order valence-corrected chi connectivity index (χ1v) is 14.7. The van der Waals surface area contributed by atoms with Gasteiger partial charge in [-0.05, 0) is 61.2 Å². The largest absolute Gasteiger partial charge is 0.507 e. The van der Waals surface area contributed by atoms with Crippen molar-refractivity contribution in [2.75, 3.05) is 18.1 Å². The number of nitrogens with zero attached hydrogens (tertiary/aromatic N) is 2. The van der Waals surface area contributed by atoms with Crippen molar-refractivity contribution in [1.82, 2.24) is 4.98 Å². The Balaban J connectivity index is 1.78. The highest BCUT2D eigenvalue weighted by molar-refractivity contribution is 9.10. The summed E-state index contributed by atoms with van der Waals surface area (Å²) in [4.78, 5) is 45.6. The smallest absolute Gasteiger partial charge is 0.350 e. The van der Waals surface area contributed by atoms with Crippen molar-refractivity contribution in [1.29, 1.82) is 0 Å². The number of thiazole rings is 1. The fourth-order valence-corrected chi connectivity index (χ4v) is 5.61. The third-order valence-corrected chi connectivity index (χ3v) is 7.86. The number of ketones is 1. The van der Waals surface area contributed by atoms with Crippen LogP contribution in [-0.2, 0) is 14.3 Å². The van der Waals surface area contributed by atoms with Crippen molar-refractivity contribution in [2.24, 2.45) is 5.92 Å². The standard InChI is InChI=1S/C30H31BrN2O6S/c1-5-6-14-38-22-12-10-19(11-13-22)25(34)23-24(20-8-7-9-21(31)15-20)33(28(36)26(23)35)30-32-18(4)27(40-30)29(37)39-16-17(2)3/h7-13,15,17,24,34H,5-6,14,16H2,1-4H3. The summed E-state index contributed by atoms with van der Waals surface area (Å²) in [6.07, 6.45) is 1.93. The highest BCUT2D eigenvalue weighted by Crippen LogP contribution is 2.44. The van der Waals surface area contributed by atoms with E-state index in [2.05, 4.69) is 27.8 Å². The van der Waals surface area contributed by atoms with Crippen LogP contribution in [0.1, 0.15) is 66.1 Å². The van der Waals surface area contributed by atoms with Crippen LogP contribution in [0.3, 0.4) is 0 Å². The lowest BCUT2D eigenvalue weighted by molar-refractivity contribution is -0.132. The first-order valence-electron chi connectivity index (χ1n) is 13.1. The van der Waals surface area contributed by atoms with E-state index < -0.39 is 23.7 Å². The molecular weight excluding hydrogens is 596 g/mol. The fraction of sp³-hybridized carbons (Fsp3) is 0.333. The molecule has 0 aliphatic carbocycles. The molecule has 1 unspecified atom stereocenters. The maximum Gasteiger partial charge on any atom is 0.350 e. The molecule has 1 aliphatic heterocycles. The molecule has 1 fully saturated rings. The molecule has 1 N–H and O–H groups in total. The number of rotatable bonds is 10. The van der Waals surface area contributed by atoms with Crippen molar-refractivity contribution in [2.45, 2.75) is 46.6 Å². The van der Waals surface area contributed by atoms with Gasteiger partial charge in [0.05, 0.1) is 30.5 Å². The van der Waals surface area contributed by atoms with Gasteiger partial charge in [0.15, 0.2) is 5.13 Å². The summed E-state index contributed by atoms with van der Waals surface area (Å²) in [5, 5.41) is 11.6. The molecule has 4 rings (SSSR count). The zero-order valence-electron chi connectivity index (χ0n) is 22.8. The van der Waals surface area contributed by atoms with Crippen LogP contribution in [-0.4, -0.2) is 41.0 Å². The van der Waals surface area contributed by atoms with E-state index in [0.717, 1.165) is 28.7 Å². The Morgan fingerprint density at radius 2 is 1.90 bits per heavy atom. The number of hydrogen-bond donors (Lipinski definition) is 1. The number of ether oxygens (including phenoxy) is 2. The van der Waals surface area contributed by atoms with Crippen molar-refractivity contribution < 1.29 is 29.0 Å². The maximum atomic E-state index is 13.5. The quantitative estimate of drug-likeness (QED) is 0.0864. The summed E-state index contributed by atoms with van der Waals surface area (Å²) in [6.45, 7) is 8.42. The number of anilines is 1. The van der Waals surface area contributed by atoms with Gasteiger partial charge in [0.1, 0.15) is 16.4 Å². The summed E-state index contributed by atoms with van der Waals surface area (Å²) in [5.74, 6) is -1.74. The van der Waals surface area contributed by atoms with Crippen LogP contribution in [0.5, 0.6) is 5.75 Å². The monoisotopic (exact) mass is 626 g/mol. The Labute approximate surface area is 245 Å². The molecule has 2 aromatic carbocycles. The summed E-state index contributed by atoms with van der Waals surface area (Å²) < 4.78 is 11.8. The second-order valence-electron chi connectivity index (χ2n) is 9.85. The van der Waals surface area contributed by atoms with Gasteiger partial charge in [-0.3, -0.25) is 14.5 Å². The predicted octanol–water partition coefficient (Wildman–Crippen LogP) is 6.83. The molecule has 0 bridgehead atoms. The molecular formula is C30H31BrN2O6S. The number of Topliss-reactive ketones (excluding diaryl/α,β-unsaturated/α-hetero) is 1. The summed E-state index contributed by atoms with van der Waals surface area (Å²) in [6, 6.07) is 12.9. The Hall–Kier alpha value is -3.50. The van der Waals surface area contributed by atoms with Crippen LogP contribution < -0.4 is 9.64 Å². The lowest BCUT2D eigenvalue weighted by Gasteiger charge is -2.23. The molecule has 1 aromatic heterocycles. The summed E-state index contributed by atoms with van der Waals surface area (Å²) >= 11 is 4.44. The number of aliphatic hydroxyl groups excluding tert-OH is 1. The van der Waals surface area contributed by atoms with Crippen molar-refractivity contribution in [3.8, 4) is 5.75 Å². The number of aliphatic hydroxyl groups is 1.